The number of carbonyl (C=O) groups excluding carboxylic acids is 2. The quantitative estimate of drug-likeness (QED) is 0.563. The lowest BCUT2D eigenvalue weighted by Crippen LogP contribution is -2.53. The number of benzene rings is 1. The summed E-state index contributed by atoms with van der Waals surface area (Å²) < 4.78 is 5.34. The first-order chi connectivity index (χ1) is 13.1. The molecule has 0 aliphatic heterocycles. The second-order valence-corrected chi connectivity index (χ2v) is 9.59. The molecule has 4 aliphatic carbocycles. The van der Waals surface area contributed by atoms with Crippen LogP contribution in [0, 0.1) is 23.2 Å². The van der Waals surface area contributed by atoms with Gasteiger partial charge in [0, 0.05) is 16.9 Å². The molecular formula is C22H29NO3S. The van der Waals surface area contributed by atoms with Crippen LogP contribution in [0.5, 0.6) is 0 Å². The van der Waals surface area contributed by atoms with Gasteiger partial charge in [0.1, 0.15) is 6.61 Å². The van der Waals surface area contributed by atoms with Gasteiger partial charge in [0.15, 0.2) is 0 Å². The molecule has 27 heavy (non-hydrogen) atoms. The Kier molecular flexibility index (Phi) is 5.49. The maximum Gasteiger partial charge on any atom is 0.307 e. The molecule has 4 fully saturated rings. The Hall–Kier alpha value is -1.49. The number of rotatable bonds is 7. The number of hydrogen-bond acceptors (Lipinski definition) is 4. The fourth-order valence-corrected chi connectivity index (χ4v) is 6.22. The minimum absolute atomic E-state index is 0.141. The van der Waals surface area contributed by atoms with Crippen molar-refractivity contribution in [2.24, 2.45) is 23.2 Å². The van der Waals surface area contributed by atoms with Crippen LogP contribution in [0.2, 0.25) is 0 Å². The number of esters is 1. The Bertz CT molecular complexity index is 665. The van der Waals surface area contributed by atoms with E-state index < -0.39 is 0 Å². The van der Waals surface area contributed by atoms with E-state index in [1.807, 2.05) is 30.5 Å². The van der Waals surface area contributed by atoms with Gasteiger partial charge in [-0.15, -0.1) is 11.8 Å². The van der Waals surface area contributed by atoms with Crippen LogP contribution in [0.15, 0.2) is 29.2 Å². The van der Waals surface area contributed by atoms with Gasteiger partial charge in [-0.05, 0) is 80.2 Å². The van der Waals surface area contributed by atoms with Gasteiger partial charge in [-0.3, -0.25) is 9.59 Å². The van der Waals surface area contributed by atoms with Crippen LogP contribution < -0.4 is 5.32 Å². The van der Waals surface area contributed by atoms with Gasteiger partial charge in [0.2, 0.25) is 5.91 Å². The molecule has 5 heteroatoms. The van der Waals surface area contributed by atoms with Crippen LogP contribution in [0.25, 0.3) is 0 Å². The molecule has 146 valence electrons. The standard InChI is InChI=1S/C22H29NO3S/c1-27-19-4-2-15(3-5-19)14-26-20(24)6-7-23-21(25)22-11-16-8-17(12-22)10-18(9-16)13-22/h2-5,16-18H,6-14H2,1H3,(H,23,25). The van der Waals surface area contributed by atoms with Crippen molar-refractivity contribution < 1.29 is 14.3 Å². The molecular weight excluding hydrogens is 358 g/mol. The van der Waals surface area contributed by atoms with Crippen molar-refractivity contribution in [1.82, 2.24) is 5.32 Å². The predicted molar refractivity (Wildman–Crippen MR) is 106 cm³/mol. The Labute approximate surface area is 165 Å². The highest BCUT2D eigenvalue weighted by molar-refractivity contribution is 7.98. The third-order valence-corrected chi connectivity index (χ3v) is 7.44. The normalized spacial score (nSPS) is 30.9. The third kappa shape index (κ3) is 4.18. The minimum atomic E-state index is -0.255. The Balaban J connectivity index is 1.20. The molecule has 0 atom stereocenters. The van der Waals surface area contributed by atoms with E-state index in [-0.39, 0.29) is 30.3 Å². The van der Waals surface area contributed by atoms with Gasteiger partial charge in [-0.2, -0.15) is 0 Å². The average molecular weight is 388 g/mol. The highest BCUT2D eigenvalue weighted by Gasteiger charge is 2.54. The first-order valence-corrected chi connectivity index (χ1v) is 11.4. The SMILES string of the molecule is CSc1ccc(COC(=O)CCNC(=O)C23CC4CC(CC(C4)C2)C3)cc1. The third-order valence-electron chi connectivity index (χ3n) is 6.69. The average Bonchev–Trinajstić information content (AvgIpc) is 2.65. The largest absolute Gasteiger partial charge is 0.461 e. The summed E-state index contributed by atoms with van der Waals surface area (Å²) in [4.78, 5) is 26.0. The summed E-state index contributed by atoms with van der Waals surface area (Å²) in [6.07, 6.45) is 9.43. The molecule has 4 nitrogen and oxygen atoms in total. The maximum absolute atomic E-state index is 12.9. The molecule has 4 aliphatic rings. The van der Waals surface area contributed by atoms with Crippen LogP contribution in [0.3, 0.4) is 0 Å². The number of hydrogen-bond donors (Lipinski definition) is 1. The van der Waals surface area contributed by atoms with Gasteiger partial charge < -0.3 is 10.1 Å². The van der Waals surface area contributed by atoms with Crippen molar-refractivity contribution in [3.63, 3.8) is 0 Å². The van der Waals surface area contributed by atoms with E-state index in [9.17, 15) is 9.59 Å². The van der Waals surface area contributed by atoms with E-state index in [0.717, 1.165) is 42.6 Å². The summed E-state index contributed by atoms with van der Waals surface area (Å²) in [6.45, 7) is 0.668. The fourth-order valence-electron chi connectivity index (χ4n) is 5.81. The maximum atomic E-state index is 12.9. The summed E-state index contributed by atoms with van der Waals surface area (Å²) in [5, 5.41) is 3.04. The molecule has 1 aromatic carbocycles. The van der Waals surface area contributed by atoms with Gasteiger partial charge in [-0.25, -0.2) is 0 Å². The zero-order valence-corrected chi connectivity index (χ0v) is 16.9. The van der Waals surface area contributed by atoms with E-state index in [4.69, 9.17) is 4.74 Å². The Morgan fingerprint density at radius 1 is 1.07 bits per heavy atom. The summed E-state index contributed by atoms with van der Waals surface area (Å²) in [7, 11) is 0. The second-order valence-electron chi connectivity index (χ2n) is 8.71. The first kappa shape index (κ1) is 18.9. The molecule has 0 aromatic heterocycles. The van der Waals surface area contributed by atoms with Crippen molar-refractivity contribution in [1.29, 1.82) is 0 Å². The van der Waals surface area contributed by atoms with Crippen molar-refractivity contribution in [2.75, 3.05) is 12.8 Å². The lowest BCUT2D eigenvalue weighted by molar-refractivity contribution is -0.147. The molecule has 1 N–H and O–H groups in total. The highest BCUT2D eigenvalue weighted by atomic mass is 32.2. The number of amides is 1. The molecule has 0 spiro atoms. The molecule has 1 aromatic rings. The number of thioether (sulfide) groups is 1. The van der Waals surface area contributed by atoms with Gasteiger partial charge in [0.25, 0.3) is 0 Å². The molecule has 1 amide bonds. The van der Waals surface area contributed by atoms with Gasteiger partial charge in [-0.1, -0.05) is 12.1 Å². The molecule has 0 unspecified atom stereocenters. The molecule has 0 radical (unpaired) electrons. The van der Waals surface area contributed by atoms with Crippen LogP contribution >= 0.6 is 11.8 Å². The van der Waals surface area contributed by atoms with E-state index in [2.05, 4.69) is 5.32 Å². The predicted octanol–water partition coefficient (Wildman–Crippen LogP) is 4.17. The smallest absolute Gasteiger partial charge is 0.307 e. The topological polar surface area (TPSA) is 55.4 Å². The monoisotopic (exact) mass is 387 g/mol. The molecule has 0 heterocycles. The number of nitrogens with one attached hydrogen (secondary N) is 1. The van der Waals surface area contributed by atoms with E-state index in [0.29, 0.717) is 6.54 Å². The second kappa shape index (κ2) is 7.86. The lowest BCUT2D eigenvalue weighted by Gasteiger charge is -2.55. The van der Waals surface area contributed by atoms with Gasteiger partial charge >= 0.3 is 5.97 Å². The van der Waals surface area contributed by atoms with Crippen molar-refractivity contribution in [3.05, 3.63) is 29.8 Å². The zero-order chi connectivity index (χ0) is 18.9. The van der Waals surface area contributed by atoms with Gasteiger partial charge in [0.05, 0.1) is 6.42 Å². The molecule has 4 saturated carbocycles. The Morgan fingerprint density at radius 2 is 1.67 bits per heavy atom. The van der Waals surface area contributed by atoms with Crippen molar-refractivity contribution in [2.45, 2.75) is 56.4 Å². The fraction of sp³-hybridized carbons (Fsp3) is 0.636. The van der Waals surface area contributed by atoms with E-state index in [1.165, 1.54) is 24.2 Å². The molecule has 4 bridgehead atoms. The number of ether oxygens (including phenoxy) is 1. The highest BCUT2D eigenvalue weighted by Crippen LogP contribution is 2.60. The summed E-state index contributed by atoms with van der Waals surface area (Å²) in [6, 6.07) is 8.01. The summed E-state index contributed by atoms with van der Waals surface area (Å²) in [5.41, 5.74) is 0.844. The number of carbonyl (C=O) groups is 2. The minimum Gasteiger partial charge on any atom is -0.461 e. The summed E-state index contributed by atoms with van der Waals surface area (Å²) >= 11 is 1.69. The van der Waals surface area contributed by atoms with Crippen molar-refractivity contribution >= 4 is 23.6 Å². The lowest BCUT2D eigenvalue weighted by atomic mass is 9.49. The Morgan fingerprint density at radius 3 is 2.22 bits per heavy atom. The zero-order valence-electron chi connectivity index (χ0n) is 16.0. The first-order valence-electron chi connectivity index (χ1n) is 10.1. The van der Waals surface area contributed by atoms with E-state index >= 15 is 0 Å². The van der Waals surface area contributed by atoms with Crippen molar-refractivity contribution in [3.8, 4) is 0 Å². The van der Waals surface area contributed by atoms with Crippen LogP contribution in [0.1, 0.15) is 50.5 Å². The molecule has 5 rings (SSSR count). The van der Waals surface area contributed by atoms with E-state index in [1.54, 1.807) is 11.8 Å². The molecule has 0 saturated heterocycles. The summed E-state index contributed by atoms with van der Waals surface area (Å²) in [5.74, 6) is 2.19. The van der Waals surface area contributed by atoms with Crippen LogP contribution in [-0.4, -0.2) is 24.7 Å². The van der Waals surface area contributed by atoms with Crippen LogP contribution in [0.4, 0.5) is 0 Å². The van der Waals surface area contributed by atoms with Crippen LogP contribution in [-0.2, 0) is 20.9 Å².